The van der Waals surface area contributed by atoms with Crippen LogP contribution in [-0.4, -0.2) is 17.5 Å². The summed E-state index contributed by atoms with van der Waals surface area (Å²) in [5, 5.41) is 8.42. The van der Waals surface area contributed by atoms with Crippen molar-refractivity contribution in [1.82, 2.24) is 0 Å². The topological polar surface area (TPSA) is 37.3 Å². The van der Waals surface area contributed by atoms with Crippen molar-refractivity contribution in [2.75, 3.05) is 6.61 Å². The predicted molar refractivity (Wildman–Crippen MR) is 45.5 cm³/mol. The Balaban J connectivity index is 3.04. The maximum Gasteiger partial charge on any atom is 0.135 e. The van der Waals surface area contributed by atoms with Gasteiger partial charge in [-0.3, -0.25) is 4.79 Å². The van der Waals surface area contributed by atoms with Crippen molar-refractivity contribution >= 4 is 5.78 Å². The molecule has 0 bridgehead atoms. The van der Waals surface area contributed by atoms with Gasteiger partial charge in [-0.25, -0.2) is 0 Å². The quantitative estimate of drug-likeness (QED) is 0.575. The lowest BCUT2D eigenvalue weighted by Gasteiger charge is -1.97. The molecule has 0 unspecified atom stereocenters. The summed E-state index contributed by atoms with van der Waals surface area (Å²) in [5.74, 6) is 0.198. The Morgan fingerprint density at radius 1 is 1.18 bits per heavy atom. The van der Waals surface area contributed by atoms with Crippen LogP contribution in [0.2, 0.25) is 0 Å². The molecule has 0 aromatic carbocycles. The molecule has 1 N–H and O–H groups in total. The number of aliphatic hydroxyl groups excluding tert-OH is 1. The number of rotatable bonds is 7. The van der Waals surface area contributed by atoms with Crippen LogP contribution in [0, 0.1) is 0 Å². The first-order chi connectivity index (χ1) is 5.31. The van der Waals surface area contributed by atoms with Crippen LogP contribution in [0.3, 0.4) is 0 Å². The van der Waals surface area contributed by atoms with Gasteiger partial charge < -0.3 is 5.11 Å². The van der Waals surface area contributed by atoms with Crippen molar-refractivity contribution in [2.45, 2.75) is 45.4 Å². The summed E-state index contributed by atoms with van der Waals surface area (Å²) in [4.78, 5) is 10.8. The first-order valence-electron chi connectivity index (χ1n) is 4.43. The zero-order chi connectivity index (χ0) is 8.53. The molecule has 66 valence electrons. The first-order valence-corrected chi connectivity index (χ1v) is 4.43. The molecule has 0 aromatic rings. The fourth-order valence-electron chi connectivity index (χ4n) is 0.999. The lowest BCUT2D eigenvalue weighted by atomic mass is 10.1. The van der Waals surface area contributed by atoms with E-state index in [2.05, 4.69) is 6.92 Å². The molecule has 0 aliphatic rings. The minimum Gasteiger partial charge on any atom is -0.396 e. The third-order valence-corrected chi connectivity index (χ3v) is 1.70. The van der Waals surface area contributed by atoms with Crippen LogP contribution in [0.15, 0.2) is 0 Å². The van der Waals surface area contributed by atoms with Gasteiger partial charge in [0.25, 0.3) is 0 Å². The van der Waals surface area contributed by atoms with Gasteiger partial charge >= 0.3 is 0 Å². The molecule has 0 saturated heterocycles. The van der Waals surface area contributed by atoms with E-state index in [-0.39, 0.29) is 12.4 Å². The van der Waals surface area contributed by atoms with Gasteiger partial charge in [0.05, 0.1) is 0 Å². The van der Waals surface area contributed by atoms with Crippen LogP contribution in [0.4, 0.5) is 0 Å². The first kappa shape index (κ1) is 10.6. The zero-order valence-electron chi connectivity index (χ0n) is 7.31. The molecule has 0 heterocycles. The van der Waals surface area contributed by atoms with Crippen molar-refractivity contribution in [3.63, 3.8) is 0 Å². The molecule has 0 aliphatic carbocycles. The Kier molecular flexibility index (Phi) is 7.47. The second kappa shape index (κ2) is 7.73. The van der Waals surface area contributed by atoms with Crippen molar-refractivity contribution < 1.29 is 9.90 Å². The summed E-state index contributed by atoms with van der Waals surface area (Å²) < 4.78 is 0. The fraction of sp³-hybridized carbons (Fsp3) is 0.889. The van der Waals surface area contributed by atoms with Crippen LogP contribution >= 0.6 is 0 Å². The van der Waals surface area contributed by atoms with Gasteiger partial charge in [-0.05, 0) is 6.42 Å². The summed E-state index contributed by atoms with van der Waals surface area (Å²) in [7, 11) is 0. The van der Waals surface area contributed by atoms with Crippen molar-refractivity contribution in [3.8, 4) is 0 Å². The molecule has 2 heteroatoms. The van der Waals surface area contributed by atoms with E-state index in [1.54, 1.807) is 0 Å². The third kappa shape index (κ3) is 7.53. The Morgan fingerprint density at radius 2 is 1.91 bits per heavy atom. The Hall–Kier alpha value is -0.370. The summed E-state index contributed by atoms with van der Waals surface area (Å²) in [5.41, 5.74) is 0. The monoisotopic (exact) mass is 158 g/mol. The van der Waals surface area contributed by atoms with E-state index in [1.807, 2.05) is 0 Å². The minimum absolute atomic E-state index is 0.00656. The number of unbranched alkanes of at least 4 members (excludes halogenated alkanes) is 3. The standard InChI is InChI=1S/C9H18O2/c1-2-3-4-5-6-9(11)7-8-10/h10H,2-8H2,1H3. The fourth-order valence-corrected chi connectivity index (χ4v) is 0.999. The van der Waals surface area contributed by atoms with E-state index in [4.69, 9.17) is 5.11 Å². The molecule has 2 nitrogen and oxygen atoms in total. The van der Waals surface area contributed by atoms with Crippen LogP contribution < -0.4 is 0 Å². The van der Waals surface area contributed by atoms with Gasteiger partial charge in [-0.1, -0.05) is 26.2 Å². The molecule has 0 rings (SSSR count). The van der Waals surface area contributed by atoms with Gasteiger partial charge in [0.15, 0.2) is 0 Å². The summed E-state index contributed by atoms with van der Waals surface area (Å²) in [6, 6.07) is 0. The Morgan fingerprint density at radius 3 is 2.45 bits per heavy atom. The van der Waals surface area contributed by atoms with E-state index in [0.29, 0.717) is 12.8 Å². The summed E-state index contributed by atoms with van der Waals surface area (Å²) in [6.45, 7) is 2.15. The van der Waals surface area contributed by atoms with Crippen molar-refractivity contribution in [3.05, 3.63) is 0 Å². The molecule has 0 amide bonds. The molecule has 0 fully saturated rings. The highest BCUT2D eigenvalue weighted by Crippen LogP contribution is 2.03. The van der Waals surface area contributed by atoms with Crippen LogP contribution in [0.5, 0.6) is 0 Å². The molecule has 11 heavy (non-hydrogen) atoms. The smallest absolute Gasteiger partial charge is 0.135 e. The van der Waals surface area contributed by atoms with Crippen LogP contribution in [0.25, 0.3) is 0 Å². The van der Waals surface area contributed by atoms with Gasteiger partial charge in [-0.15, -0.1) is 0 Å². The van der Waals surface area contributed by atoms with Crippen LogP contribution in [0.1, 0.15) is 45.4 Å². The highest BCUT2D eigenvalue weighted by Gasteiger charge is 1.98. The summed E-state index contributed by atoms with van der Waals surface area (Å²) in [6.07, 6.45) is 5.55. The lowest BCUT2D eigenvalue weighted by Crippen LogP contribution is -2.00. The number of Topliss-reactive ketones (excluding diaryl/α,β-unsaturated/α-hetero) is 1. The molecule has 0 aliphatic heterocycles. The van der Waals surface area contributed by atoms with Gasteiger partial charge in [0, 0.05) is 19.4 Å². The van der Waals surface area contributed by atoms with Gasteiger partial charge in [0.2, 0.25) is 0 Å². The van der Waals surface area contributed by atoms with E-state index >= 15 is 0 Å². The molecule has 0 atom stereocenters. The molecular formula is C9H18O2. The Labute approximate surface area is 68.6 Å². The minimum atomic E-state index is 0.00656. The number of carbonyl (C=O) groups is 1. The molecule has 0 radical (unpaired) electrons. The maximum absolute atomic E-state index is 10.8. The van der Waals surface area contributed by atoms with E-state index < -0.39 is 0 Å². The summed E-state index contributed by atoms with van der Waals surface area (Å²) >= 11 is 0. The number of carbonyl (C=O) groups excluding carboxylic acids is 1. The van der Waals surface area contributed by atoms with E-state index in [1.165, 1.54) is 12.8 Å². The second-order valence-corrected chi connectivity index (χ2v) is 2.82. The van der Waals surface area contributed by atoms with Gasteiger partial charge in [0.1, 0.15) is 5.78 Å². The maximum atomic E-state index is 10.8. The molecule has 0 spiro atoms. The van der Waals surface area contributed by atoms with Crippen LogP contribution in [-0.2, 0) is 4.79 Å². The number of ketones is 1. The normalized spacial score (nSPS) is 10.0. The predicted octanol–water partition coefficient (Wildman–Crippen LogP) is 1.91. The number of hydrogen-bond acceptors (Lipinski definition) is 2. The lowest BCUT2D eigenvalue weighted by molar-refractivity contribution is -0.119. The van der Waals surface area contributed by atoms with Gasteiger partial charge in [-0.2, -0.15) is 0 Å². The van der Waals surface area contributed by atoms with Crippen molar-refractivity contribution in [1.29, 1.82) is 0 Å². The molecular weight excluding hydrogens is 140 g/mol. The zero-order valence-corrected chi connectivity index (χ0v) is 7.31. The Bertz CT molecular complexity index is 99.7. The molecule has 0 saturated carbocycles. The third-order valence-electron chi connectivity index (χ3n) is 1.70. The number of aliphatic hydroxyl groups is 1. The second-order valence-electron chi connectivity index (χ2n) is 2.82. The highest BCUT2D eigenvalue weighted by atomic mass is 16.3. The number of hydrogen-bond donors (Lipinski definition) is 1. The molecule has 0 aromatic heterocycles. The average Bonchev–Trinajstić information content (AvgIpc) is 1.99. The van der Waals surface area contributed by atoms with Crippen molar-refractivity contribution in [2.24, 2.45) is 0 Å². The average molecular weight is 158 g/mol. The largest absolute Gasteiger partial charge is 0.396 e. The highest BCUT2D eigenvalue weighted by molar-refractivity contribution is 5.78. The van der Waals surface area contributed by atoms with E-state index in [0.717, 1.165) is 12.8 Å². The van der Waals surface area contributed by atoms with E-state index in [9.17, 15) is 4.79 Å². The SMILES string of the molecule is CCCCCCC(=O)CCO.